The van der Waals surface area contributed by atoms with Crippen LogP contribution >= 0.6 is 11.8 Å². The minimum Gasteiger partial charge on any atom is -0.370 e. The number of carbonyl (C=O) groups excluding carboxylic acids is 1. The number of hydrogen-bond acceptors (Lipinski definition) is 4. The smallest absolute Gasteiger partial charge is 0.262 e. The highest BCUT2D eigenvalue weighted by molar-refractivity contribution is 7.99. The molecule has 1 heterocycles. The average Bonchev–Trinajstić information content (AvgIpc) is 2.59. The molecule has 0 unspecified atom stereocenters. The molecule has 0 saturated carbocycles. The lowest BCUT2D eigenvalue weighted by Gasteiger charge is -2.13. The summed E-state index contributed by atoms with van der Waals surface area (Å²) in [6, 6.07) is 17.0. The number of nitrogens with zero attached hydrogens (tertiary/aromatic N) is 2. The molecule has 5 nitrogen and oxygen atoms in total. The van der Waals surface area contributed by atoms with E-state index < -0.39 is 0 Å². The number of thioether (sulfide) groups is 1. The zero-order valence-corrected chi connectivity index (χ0v) is 13.8. The van der Waals surface area contributed by atoms with Gasteiger partial charge in [0.15, 0.2) is 5.16 Å². The van der Waals surface area contributed by atoms with Crippen molar-refractivity contribution in [2.75, 3.05) is 5.75 Å². The summed E-state index contributed by atoms with van der Waals surface area (Å²) in [4.78, 5) is 28.4. The number of para-hydroxylation sites is 1. The third-order valence-electron chi connectivity index (χ3n) is 3.59. The average molecular weight is 339 g/mol. The van der Waals surface area contributed by atoms with Gasteiger partial charge in [0.05, 0.1) is 17.4 Å². The number of amides is 1. The Kier molecular flexibility index (Phi) is 4.96. The first-order valence-electron chi connectivity index (χ1n) is 7.60. The standard InChI is InChI=1S/C18H17N3O2S/c19-16(22)10-11-24-18-20-15-9-5-4-8-14(15)17(23)21(18)12-13-6-2-1-3-7-13/h1-9H,10-12H2,(H2,19,22). The van der Waals surface area contributed by atoms with Crippen LogP contribution in [-0.4, -0.2) is 21.2 Å². The van der Waals surface area contributed by atoms with Gasteiger partial charge in [-0.2, -0.15) is 0 Å². The lowest BCUT2D eigenvalue weighted by atomic mass is 10.2. The number of rotatable bonds is 6. The van der Waals surface area contributed by atoms with E-state index in [9.17, 15) is 9.59 Å². The number of hydrogen-bond donors (Lipinski definition) is 1. The maximum absolute atomic E-state index is 12.9. The summed E-state index contributed by atoms with van der Waals surface area (Å²) in [5.74, 6) is 0.134. The molecular formula is C18H17N3O2S. The topological polar surface area (TPSA) is 78.0 Å². The van der Waals surface area contributed by atoms with Gasteiger partial charge in [-0.3, -0.25) is 14.2 Å². The highest BCUT2D eigenvalue weighted by Crippen LogP contribution is 2.19. The van der Waals surface area contributed by atoms with E-state index in [1.54, 1.807) is 10.6 Å². The Morgan fingerprint density at radius 3 is 2.54 bits per heavy atom. The van der Waals surface area contributed by atoms with Gasteiger partial charge in [-0.25, -0.2) is 4.98 Å². The summed E-state index contributed by atoms with van der Waals surface area (Å²) in [7, 11) is 0. The molecule has 2 N–H and O–H groups in total. The van der Waals surface area contributed by atoms with Gasteiger partial charge >= 0.3 is 0 Å². The Balaban J connectivity index is 2.03. The lowest BCUT2D eigenvalue weighted by molar-refractivity contribution is -0.117. The summed E-state index contributed by atoms with van der Waals surface area (Å²) in [5, 5.41) is 1.19. The first-order valence-corrected chi connectivity index (χ1v) is 8.58. The highest BCUT2D eigenvalue weighted by atomic mass is 32.2. The molecule has 0 radical (unpaired) electrons. The predicted molar refractivity (Wildman–Crippen MR) is 96.1 cm³/mol. The monoisotopic (exact) mass is 339 g/mol. The molecule has 0 fully saturated rings. The first-order chi connectivity index (χ1) is 11.6. The van der Waals surface area contributed by atoms with Gasteiger partial charge in [0.25, 0.3) is 5.56 Å². The minimum absolute atomic E-state index is 0.0778. The van der Waals surface area contributed by atoms with Crippen molar-refractivity contribution in [3.8, 4) is 0 Å². The van der Waals surface area contributed by atoms with Crippen LogP contribution in [-0.2, 0) is 11.3 Å². The van der Waals surface area contributed by atoms with Crippen LogP contribution in [0.25, 0.3) is 10.9 Å². The number of aromatic nitrogens is 2. The third kappa shape index (κ3) is 3.65. The van der Waals surface area contributed by atoms with E-state index in [1.165, 1.54) is 11.8 Å². The molecule has 0 aliphatic rings. The van der Waals surface area contributed by atoms with Crippen LogP contribution in [0.5, 0.6) is 0 Å². The van der Waals surface area contributed by atoms with Gasteiger partial charge in [0, 0.05) is 12.2 Å². The van der Waals surface area contributed by atoms with E-state index in [0.717, 1.165) is 5.56 Å². The van der Waals surface area contributed by atoms with Crippen molar-refractivity contribution in [3.05, 3.63) is 70.5 Å². The zero-order chi connectivity index (χ0) is 16.9. The third-order valence-corrected chi connectivity index (χ3v) is 4.57. The molecule has 24 heavy (non-hydrogen) atoms. The van der Waals surface area contributed by atoms with Crippen LogP contribution in [0.4, 0.5) is 0 Å². The van der Waals surface area contributed by atoms with Crippen molar-refractivity contribution in [3.63, 3.8) is 0 Å². The van der Waals surface area contributed by atoms with Crippen molar-refractivity contribution < 1.29 is 4.79 Å². The second-order valence-electron chi connectivity index (χ2n) is 5.35. The van der Waals surface area contributed by atoms with E-state index in [1.807, 2.05) is 48.5 Å². The second-order valence-corrected chi connectivity index (χ2v) is 6.42. The van der Waals surface area contributed by atoms with Crippen LogP contribution in [0.3, 0.4) is 0 Å². The Bertz CT molecular complexity index is 922. The second kappa shape index (κ2) is 7.31. The van der Waals surface area contributed by atoms with Crippen molar-refractivity contribution in [2.24, 2.45) is 5.73 Å². The van der Waals surface area contributed by atoms with E-state index in [-0.39, 0.29) is 17.9 Å². The molecule has 1 aromatic heterocycles. The van der Waals surface area contributed by atoms with E-state index >= 15 is 0 Å². The normalized spacial score (nSPS) is 10.8. The fourth-order valence-corrected chi connectivity index (χ4v) is 3.36. The number of nitrogens with two attached hydrogens (primary N) is 1. The van der Waals surface area contributed by atoms with Gasteiger partial charge in [0.2, 0.25) is 5.91 Å². The minimum atomic E-state index is -0.361. The van der Waals surface area contributed by atoms with Gasteiger partial charge in [-0.15, -0.1) is 0 Å². The predicted octanol–water partition coefficient (Wildman–Crippen LogP) is 2.41. The lowest BCUT2D eigenvalue weighted by Crippen LogP contribution is -2.24. The van der Waals surface area contributed by atoms with Crippen molar-refractivity contribution >= 4 is 28.6 Å². The van der Waals surface area contributed by atoms with Gasteiger partial charge in [-0.1, -0.05) is 54.2 Å². The van der Waals surface area contributed by atoms with E-state index in [0.29, 0.717) is 28.4 Å². The molecule has 3 rings (SSSR count). The molecule has 6 heteroatoms. The fourth-order valence-electron chi connectivity index (χ4n) is 2.41. The summed E-state index contributed by atoms with van der Waals surface area (Å²) < 4.78 is 1.66. The number of primary amides is 1. The van der Waals surface area contributed by atoms with Crippen LogP contribution in [0.1, 0.15) is 12.0 Å². The van der Waals surface area contributed by atoms with E-state index in [2.05, 4.69) is 4.98 Å². The maximum atomic E-state index is 12.9. The van der Waals surface area contributed by atoms with Crippen molar-refractivity contribution in [1.29, 1.82) is 0 Å². The van der Waals surface area contributed by atoms with Crippen LogP contribution in [0, 0.1) is 0 Å². The largest absolute Gasteiger partial charge is 0.370 e. The Labute approximate surface area is 143 Å². The molecule has 2 aromatic carbocycles. The van der Waals surface area contributed by atoms with Gasteiger partial charge < -0.3 is 5.73 Å². The molecule has 0 saturated heterocycles. The Morgan fingerprint density at radius 2 is 1.79 bits per heavy atom. The zero-order valence-electron chi connectivity index (χ0n) is 13.0. The molecule has 1 amide bonds. The van der Waals surface area contributed by atoms with Crippen LogP contribution in [0.2, 0.25) is 0 Å². The highest BCUT2D eigenvalue weighted by Gasteiger charge is 2.12. The maximum Gasteiger partial charge on any atom is 0.262 e. The molecule has 0 spiro atoms. The molecule has 122 valence electrons. The molecular weight excluding hydrogens is 322 g/mol. The van der Waals surface area contributed by atoms with Crippen LogP contribution in [0.15, 0.2) is 64.5 Å². The Morgan fingerprint density at radius 1 is 1.08 bits per heavy atom. The van der Waals surface area contributed by atoms with E-state index in [4.69, 9.17) is 5.73 Å². The molecule has 0 aliphatic heterocycles. The van der Waals surface area contributed by atoms with Crippen molar-refractivity contribution in [2.45, 2.75) is 18.1 Å². The first kappa shape index (κ1) is 16.3. The summed E-state index contributed by atoms with van der Waals surface area (Å²) in [6.45, 7) is 0.441. The summed E-state index contributed by atoms with van der Waals surface area (Å²) >= 11 is 1.37. The summed E-state index contributed by atoms with van der Waals surface area (Å²) in [5.41, 5.74) is 6.80. The number of fused-ring (bicyclic) bond motifs is 1. The van der Waals surface area contributed by atoms with Gasteiger partial charge in [0.1, 0.15) is 0 Å². The molecule has 0 bridgehead atoms. The number of benzene rings is 2. The van der Waals surface area contributed by atoms with Crippen LogP contribution < -0.4 is 11.3 Å². The quantitative estimate of drug-likeness (QED) is 0.552. The number of carbonyl (C=O) groups is 1. The Hall–Kier alpha value is -2.60. The van der Waals surface area contributed by atoms with Gasteiger partial charge in [-0.05, 0) is 17.7 Å². The molecule has 0 aliphatic carbocycles. The van der Waals surface area contributed by atoms with Crippen molar-refractivity contribution in [1.82, 2.24) is 9.55 Å². The SMILES string of the molecule is NC(=O)CCSc1nc2ccccc2c(=O)n1Cc1ccccc1. The molecule has 0 atom stereocenters. The summed E-state index contributed by atoms with van der Waals surface area (Å²) in [6.07, 6.45) is 0.249. The fraction of sp³-hybridized carbons (Fsp3) is 0.167. The molecule has 3 aromatic rings.